The molecule has 3 unspecified atom stereocenters. The fourth-order valence-corrected chi connectivity index (χ4v) is 7.89. The van der Waals surface area contributed by atoms with Crippen LogP contribution in [0.15, 0.2) is 74.6 Å². The van der Waals surface area contributed by atoms with E-state index in [-0.39, 0.29) is 36.3 Å². The molecule has 2 aliphatic heterocycles. The van der Waals surface area contributed by atoms with Crippen LogP contribution in [-0.2, 0) is 15.9 Å². The molecule has 0 saturated carbocycles. The molecule has 0 radical (unpaired) electrons. The molecule has 1 aliphatic carbocycles. The number of aliphatic imine (C=N–C) groups is 2. The summed E-state index contributed by atoms with van der Waals surface area (Å²) >= 11 is 0. The fourth-order valence-electron chi connectivity index (χ4n) is 7.89. The zero-order chi connectivity index (χ0) is 38.8. The second-order valence-electron chi connectivity index (χ2n) is 15.6. The van der Waals surface area contributed by atoms with Crippen LogP contribution in [0.2, 0.25) is 0 Å². The average Bonchev–Trinajstić information content (AvgIpc) is 3.21. The Balaban J connectivity index is 1.80. The number of rotatable bonds is 9. The highest BCUT2D eigenvalue weighted by molar-refractivity contribution is 6.40. The van der Waals surface area contributed by atoms with Crippen LogP contribution in [0.5, 0.6) is 5.75 Å². The lowest BCUT2D eigenvalue weighted by atomic mass is 9.76. The average molecular weight is 731 g/mol. The Hall–Kier alpha value is -3.83. The van der Waals surface area contributed by atoms with Crippen LogP contribution >= 0.6 is 0 Å². The predicted molar refractivity (Wildman–Crippen MR) is 213 cm³/mol. The standard InChI is InChI=1S/C43H59FN4O5/c1-11-14-36(53-24-42(8)21-31(50)22-47(42)10)46-41(48-17-18-52-25-43(9,51)23-48)38-28(7)27(6)37(40(33(38)13-3)45-26(4)5)34-20-30(49)19-29-15-16-35(44)32(12-2)39(29)34/h13-16,19-20,26,31,49-51H,11-12,17-18,21-25H2,1-10H3/b33-13-,36-14-,45-40?,46-41+. The van der Waals surface area contributed by atoms with Gasteiger partial charge in [-0.3, -0.25) is 9.89 Å². The molecule has 3 aliphatic rings. The van der Waals surface area contributed by atoms with Gasteiger partial charge in [-0.15, -0.1) is 0 Å². The van der Waals surface area contributed by atoms with Crippen LogP contribution in [0.4, 0.5) is 4.39 Å². The number of halogens is 1. The van der Waals surface area contributed by atoms with Crippen LogP contribution in [0.3, 0.4) is 0 Å². The van der Waals surface area contributed by atoms with Gasteiger partial charge in [-0.1, -0.05) is 26.0 Å². The second kappa shape index (κ2) is 16.3. The monoisotopic (exact) mass is 730 g/mol. The van der Waals surface area contributed by atoms with E-state index in [1.807, 2.05) is 53.8 Å². The Morgan fingerprint density at radius 1 is 1.17 bits per heavy atom. The van der Waals surface area contributed by atoms with E-state index in [9.17, 15) is 15.3 Å². The van der Waals surface area contributed by atoms with Crippen LogP contribution < -0.4 is 0 Å². The van der Waals surface area contributed by atoms with Gasteiger partial charge in [0.25, 0.3) is 0 Å². The number of allylic oxidation sites excluding steroid dienone is 5. The number of hydrogen-bond donors (Lipinski definition) is 3. The fraction of sp³-hybridized carbons (Fsp3) is 0.535. The van der Waals surface area contributed by atoms with Gasteiger partial charge in [-0.25, -0.2) is 4.39 Å². The number of aliphatic hydroxyl groups excluding tert-OH is 1. The van der Waals surface area contributed by atoms with E-state index < -0.39 is 11.7 Å². The number of fused-ring (bicyclic) bond motifs is 1. The van der Waals surface area contributed by atoms with E-state index >= 15 is 4.39 Å². The summed E-state index contributed by atoms with van der Waals surface area (Å²) in [6, 6.07) is 6.51. The molecule has 2 saturated heterocycles. The minimum atomic E-state index is -1.14. The summed E-state index contributed by atoms with van der Waals surface area (Å²) in [6.07, 6.45) is 5.34. The third-order valence-corrected chi connectivity index (χ3v) is 10.7. The van der Waals surface area contributed by atoms with Crippen molar-refractivity contribution in [3.8, 4) is 5.75 Å². The van der Waals surface area contributed by atoms with Crippen molar-refractivity contribution in [3.63, 3.8) is 0 Å². The van der Waals surface area contributed by atoms with E-state index in [0.29, 0.717) is 62.8 Å². The molecule has 2 heterocycles. The Morgan fingerprint density at radius 2 is 1.91 bits per heavy atom. The number of ether oxygens (including phenoxy) is 2. The van der Waals surface area contributed by atoms with E-state index in [1.165, 1.54) is 6.07 Å². The Labute approximate surface area is 314 Å². The van der Waals surface area contributed by atoms with Crippen LogP contribution in [-0.4, -0.2) is 106 Å². The summed E-state index contributed by atoms with van der Waals surface area (Å²) in [5, 5.41) is 34.4. The lowest BCUT2D eigenvalue weighted by molar-refractivity contribution is -0.0180. The summed E-state index contributed by atoms with van der Waals surface area (Å²) in [7, 11) is 2.00. The molecule has 0 bridgehead atoms. The van der Waals surface area contributed by atoms with Gasteiger partial charge in [0.05, 0.1) is 37.1 Å². The van der Waals surface area contributed by atoms with Crippen LogP contribution in [0, 0.1) is 5.82 Å². The van der Waals surface area contributed by atoms with E-state index in [2.05, 4.69) is 30.6 Å². The largest absolute Gasteiger partial charge is 0.508 e. The number of nitrogens with zero attached hydrogens (tertiary/aromatic N) is 4. The number of β-amino-alcohol motifs (C(OH)–C–C–N with tert-alkyl or cyclic N) is 2. The molecule has 0 aromatic heterocycles. The summed E-state index contributed by atoms with van der Waals surface area (Å²) in [6.45, 7) is 20.3. The highest BCUT2D eigenvalue weighted by atomic mass is 19.1. The molecule has 53 heavy (non-hydrogen) atoms. The summed E-state index contributed by atoms with van der Waals surface area (Å²) in [5.74, 6) is 0.891. The number of aliphatic hydroxyl groups is 2. The Morgan fingerprint density at radius 3 is 2.53 bits per heavy atom. The molecular weight excluding hydrogens is 671 g/mol. The highest BCUT2D eigenvalue weighted by Gasteiger charge is 2.41. The maximum absolute atomic E-state index is 15.5. The summed E-state index contributed by atoms with van der Waals surface area (Å²) < 4.78 is 27.9. The SMILES string of the molecule is C/C=C1\C(=NC(C)C)C(c2cc(O)cc3ccc(F)c(CC)c23)=C(C)C(C)=C1/C(=N\C(=C\CC)OCC1(C)CC(O)CN1C)N1CCOCC(C)(O)C1. The molecule has 2 aromatic rings. The van der Waals surface area contributed by atoms with Crippen molar-refractivity contribution in [1.29, 1.82) is 0 Å². The summed E-state index contributed by atoms with van der Waals surface area (Å²) in [4.78, 5) is 14.8. The normalized spacial score (nSPS) is 26.9. The zero-order valence-corrected chi connectivity index (χ0v) is 33.3. The van der Waals surface area contributed by atoms with Crippen molar-refractivity contribution >= 4 is 27.9 Å². The molecule has 2 aromatic carbocycles. The maximum Gasteiger partial charge on any atom is 0.211 e. The van der Waals surface area contributed by atoms with Crippen LogP contribution in [0.1, 0.15) is 86.3 Å². The molecule has 3 atom stereocenters. The lowest BCUT2D eigenvalue weighted by Crippen LogP contribution is -2.46. The van der Waals surface area contributed by atoms with Gasteiger partial charge in [0.2, 0.25) is 5.88 Å². The molecule has 3 N–H and O–H groups in total. The number of hydrogen-bond acceptors (Lipinski definition) is 8. The van der Waals surface area contributed by atoms with Crippen molar-refractivity contribution in [2.45, 2.75) is 105 Å². The Bertz CT molecular complexity index is 1910. The first-order valence-corrected chi connectivity index (χ1v) is 19.0. The van der Waals surface area contributed by atoms with Gasteiger partial charge >= 0.3 is 0 Å². The molecule has 0 amide bonds. The number of amidine groups is 1. The number of likely N-dealkylation sites (tertiary alicyclic amines) is 1. The number of likely N-dealkylation sites (N-methyl/N-ethyl adjacent to an activating group) is 1. The summed E-state index contributed by atoms with van der Waals surface area (Å²) in [5.41, 5.74) is 4.90. The molecule has 9 nitrogen and oxygen atoms in total. The number of phenols is 1. The molecule has 10 heteroatoms. The minimum absolute atomic E-state index is 0.0921. The molecule has 2 fully saturated rings. The van der Waals surface area contributed by atoms with Crippen LogP contribution in [0.25, 0.3) is 16.3 Å². The first-order chi connectivity index (χ1) is 25.0. The first-order valence-electron chi connectivity index (χ1n) is 19.0. The second-order valence-corrected chi connectivity index (χ2v) is 15.6. The van der Waals surface area contributed by atoms with E-state index in [0.717, 1.165) is 49.9 Å². The zero-order valence-electron chi connectivity index (χ0n) is 33.3. The first kappa shape index (κ1) is 40.4. The number of aryl methyl sites for hydroxylation is 1. The van der Waals surface area contributed by atoms with E-state index in [1.54, 1.807) is 25.1 Å². The van der Waals surface area contributed by atoms with Gasteiger partial charge < -0.3 is 29.7 Å². The van der Waals surface area contributed by atoms with Gasteiger partial charge in [-0.2, -0.15) is 4.99 Å². The lowest BCUT2D eigenvalue weighted by Gasteiger charge is -2.36. The van der Waals surface area contributed by atoms with Crippen molar-refractivity contribution in [1.82, 2.24) is 9.80 Å². The van der Waals surface area contributed by atoms with Gasteiger partial charge in [0.15, 0.2) is 0 Å². The van der Waals surface area contributed by atoms with Crippen molar-refractivity contribution in [2.75, 3.05) is 46.5 Å². The third-order valence-electron chi connectivity index (χ3n) is 10.7. The predicted octanol–water partition coefficient (Wildman–Crippen LogP) is 7.35. The maximum atomic E-state index is 15.5. The van der Waals surface area contributed by atoms with Gasteiger partial charge in [-0.05, 0) is 132 Å². The van der Waals surface area contributed by atoms with Gasteiger partial charge in [0.1, 0.15) is 29.6 Å². The smallest absolute Gasteiger partial charge is 0.211 e. The highest BCUT2D eigenvalue weighted by Crippen LogP contribution is 2.44. The molecule has 288 valence electrons. The molecular formula is C43H59FN4O5. The minimum Gasteiger partial charge on any atom is -0.508 e. The van der Waals surface area contributed by atoms with Crippen molar-refractivity contribution in [3.05, 3.63) is 81.5 Å². The number of aromatic hydroxyl groups is 1. The topological polar surface area (TPSA) is 110 Å². The number of phenolic OH excluding ortho intramolecular Hbond substituents is 1. The third kappa shape index (κ3) is 8.46. The Kier molecular flexibility index (Phi) is 12.4. The molecule has 5 rings (SSSR count). The van der Waals surface area contributed by atoms with E-state index in [4.69, 9.17) is 19.5 Å². The number of benzene rings is 2. The molecule has 0 spiro atoms. The van der Waals surface area contributed by atoms with Crippen molar-refractivity contribution < 1.29 is 29.2 Å². The quantitative estimate of drug-likeness (QED) is 0.141. The van der Waals surface area contributed by atoms with Crippen molar-refractivity contribution in [2.24, 2.45) is 9.98 Å². The van der Waals surface area contributed by atoms with Gasteiger partial charge in [0, 0.05) is 35.9 Å².